The lowest BCUT2D eigenvalue weighted by molar-refractivity contribution is 0.0919. The van der Waals surface area contributed by atoms with E-state index < -0.39 is 0 Å². The largest absolute Gasteiger partial charge is 0.496 e. The zero-order valence-corrected chi connectivity index (χ0v) is 14.7. The highest BCUT2D eigenvalue weighted by Gasteiger charge is 2.15. The fourth-order valence-electron chi connectivity index (χ4n) is 2.28. The first kappa shape index (κ1) is 17.8. The maximum Gasteiger partial charge on any atom is 0.253 e. The molecule has 0 bridgehead atoms. The van der Waals surface area contributed by atoms with Crippen molar-refractivity contribution in [1.82, 2.24) is 10.3 Å². The minimum atomic E-state index is -0.261. The van der Waals surface area contributed by atoms with Gasteiger partial charge in [-0.25, -0.2) is 4.98 Å². The minimum Gasteiger partial charge on any atom is -0.496 e. The van der Waals surface area contributed by atoms with Gasteiger partial charge in [-0.15, -0.1) is 0 Å². The van der Waals surface area contributed by atoms with Gasteiger partial charge < -0.3 is 15.4 Å². The summed E-state index contributed by atoms with van der Waals surface area (Å²) >= 11 is 0. The molecule has 128 valence electrons. The summed E-state index contributed by atoms with van der Waals surface area (Å²) in [5, 5.41) is 6.18. The molecule has 1 heterocycles. The first-order chi connectivity index (χ1) is 11.4. The van der Waals surface area contributed by atoms with Crippen LogP contribution in [0.2, 0.25) is 0 Å². The van der Waals surface area contributed by atoms with Crippen LogP contribution in [-0.2, 0) is 6.42 Å². The number of methoxy groups -OCH3 is 1. The molecule has 0 fully saturated rings. The van der Waals surface area contributed by atoms with Gasteiger partial charge in [-0.1, -0.05) is 18.2 Å². The standard InChI is InChI=1S/C19H25N3O2/c1-19(2,3)22-18(23)15-9-10-17(21-13-15)20-12-11-14-7-5-6-8-16(14)24-4/h5-10,13H,11-12H2,1-4H3,(H,20,21)(H,22,23). The molecule has 0 spiro atoms. The van der Waals surface area contributed by atoms with Gasteiger partial charge >= 0.3 is 0 Å². The molecular weight excluding hydrogens is 302 g/mol. The highest BCUT2D eigenvalue weighted by atomic mass is 16.5. The van der Waals surface area contributed by atoms with Crippen LogP contribution in [0.15, 0.2) is 42.6 Å². The van der Waals surface area contributed by atoms with Crippen molar-refractivity contribution in [2.45, 2.75) is 32.7 Å². The van der Waals surface area contributed by atoms with E-state index in [-0.39, 0.29) is 11.4 Å². The summed E-state index contributed by atoms with van der Waals surface area (Å²) in [7, 11) is 1.68. The molecule has 2 aromatic rings. The Balaban J connectivity index is 1.89. The summed E-state index contributed by atoms with van der Waals surface area (Å²) in [5.41, 5.74) is 1.44. The smallest absolute Gasteiger partial charge is 0.253 e. The van der Waals surface area contributed by atoms with Crippen LogP contribution in [0.5, 0.6) is 5.75 Å². The van der Waals surface area contributed by atoms with Crippen LogP contribution in [0.3, 0.4) is 0 Å². The number of ether oxygens (including phenoxy) is 1. The molecule has 2 N–H and O–H groups in total. The first-order valence-electron chi connectivity index (χ1n) is 8.03. The van der Waals surface area contributed by atoms with E-state index in [1.165, 1.54) is 0 Å². The molecule has 1 aromatic heterocycles. The Morgan fingerprint density at radius 3 is 2.54 bits per heavy atom. The van der Waals surface area contributed by atoms with Gasteiger partial charge in [0.05, 0.1) is 12.7 Å². The highest BCUT2D eigenvalue weighted by molar-refractivity contribution is 5.94. The van der Waals surface area contributed by atoms with Crippen molar-refractivity contribution in [2.75, 3.05) is 19.0 Å². The predicted molar refractivity (Wildman–Crippen MR) is 96.6 cm³/mol. The number of carbonyl (C=O) groups is 1. The number of nitrogens with zero attached hydrogens (tertiary/aromatic N) is 1. The fraction of sp³-hybridized carbons (Fsp3) is 0.368. The first-order valence-corrected chi connectivity index (χ1v) is 8.03. The van der Waals surface area contributed by atoms with Crippen LogP contribution >= 0.6 is 0 Å². The SMILES string of the molecule is COc1ccccc1CCNc1ccc(C(=O)NC(C)(C)C)cn1. The summed E-state index contributed by atoms with van der Waals surface area (Å²) in [6.07, 6.45) is 2.42. The van der Waals surface area contributed by atoms with Crippen molar-refractivity contribution in [3.63, 3.8) is 0 Å². The van der Waals surface area contributed by atoms with E-state index in [1.807, 2.05) is 51.1 Å². The maximum atomic E-state index is 12.1. The number of rotatable bonds is 6. The van der Waals surface area contributed by atoms with Gasteiger partial charge in [0, 0.05) is 18.3 Å². The Labute approximate surface area is 143 Å². The molecule has 24 heavy (non-hydrogen) atoms. The molecule has 0 aliphatic rings. The zero-order valence-electron chi connectivity index (χ0n) is 14.7. The quantitative estimate of drug-likeness (QED) is 0.855. The maximum absolute atomic E-state index is 12.1. The third-order valence-electron chi connectivity index (χ3n) is 3.41. The van der Waals surface area contributed by atoms with E-state index in [4.69, 9.17) is 4.74 Å². The van der Waals surface area contributed by atoms with Crippen molar-refractivity contribution in [3.8, 4) is 5.75 Å². The van der Waals surface area contributed by atoms with Crippen LogP contribution in [0.1, 0.15) is 36.7 Å². The molecule has 0 aliphatic heterocycles. The van der Waals surface area contributed by atoms with E-state index in [0.717, 1.165) is 30.1 Å². The van der Waals surface area contributed by atoms with Gasteiger partial charge in [0.15, 0.2) is 0 Å². The van der Waals surface area contributed by atoms with Crippen molar-refractivity contribution >= 4 is 11.7 Å². The predicted octanol–water partition coefficient (Wildman–Crippen LogP) is 3.27. The zero-order chi connectivity index (χ0) is 17.6. The number of pyridine rings is 1. The van der Waals surface area contributed by atoms with Crippen LogP contribution < -0.4 is 15.4 Å². The number of carbonyl (C=O) groups excluding carboxylic acids is 1. The normalized spacial score (nSPS) is 11.0. The third-order valence-corrected chi connectivity index (χ3v) is 3.41. The lowest BCUT2D eigenvalue weighted by atomic mass is 10.1. The van der Waals surface area contributed by atoms with E-state index in [0.29, 0.717) is 5.56 Å². The molecule has 0 radical (unpaired) electrons. The van der Waals surface area contributed by atoms with Crippen molar-refractivity contribution in [1.29, 1.82) is 0 Å². The van der Waals surface area contributed by atoms with Crippen LogP contribution in [0.25, 0.3) is 0 Å². The molecule has 1 aromatic carbocycles. The summed E-state index contributed by atoms with van der Waals surface area (Å²) in [5.74, 6) is 1.52. The Morgan fingerprint density at radius 1 is 1.17 bits per heavy atom. The number of nitrogens with one attached hydrogen (secondary N) is 2. The highest BCUT2D eigenvalue weighted by Crippen LogP contribution is 2.17. The summed E-state index contributed by atoms with van der Waals surface area (Å²) in [4.78, 5) is 16.4. The minimum absolute atomic E-state index is 0.115. The number of amides is 1. The van der Waals surface area contributed by atoms with Crippen LogP contribution in [0, 0.1) is 0 Å². The molecule has 2 rings (SSSR count). The second kappa shape index (κ2) is 7.81. The fourth-order valence-corrected chi connectivity index (χ4v) is 2.28. The third kappa shape index (κ3) is 5.26. The van der Waals surface area contributed by atoms with Crippen LogP contribution in [-0.4, -0.2) is 30.1 Å². The van der Waals surface area contributed by atoms with Gasteiger partial charge in [0.2, 0.25) is 0 Å². The van der Waals surface area contributed by atoms with Crippen molar-refractivity contribution < 1.29 is 9.53 Å². The molecule has 0 atom stereocenters. The number of anilines is 1. The Hall–Kier alpha value is -2.56. The van der Waals surface area contributed by atoms with Gasteiger partial charge in [-0.05, 0) is 51.0 Å². The summed E-state index contributed by atoms with van der Waals surface area (Å²) in [6.45, 7) is 6.59. The van der Waals surface area contributed by atoms with Crippen LogP contribution in [0.4, 0.5) is 5.82 Å². The lowest BCUT2D eigenvalue weighted by Crippen LogP contribution is -2.40. The molecule has 0 aliphatic carbocycles. The summed E-state index contributed by atoms with van der Waals surface area (Å²) < 4.78 is 5.34. The second-order valence-corrected chi connectivity index (χ2v) is 6.62. The van der Waals surface area contributed by atoms with E-state index in [2.05, 4.69) is 15.6 Å². The van der Waals surface area contributed by atoms with Gasteiger partial charge in [-0.3, -0.25) is 4.79 Å². The average molecular weight is 327 g/mol. The monoisotopic (exact) mass is 327 g/mol. The van der Waals surface area contributed by atoms with Gasteiger partial charge in [0.1, 0.15) is 11.6 Å². The van der Waals surface area contributed by atoms with E-state index >= 15 is 0 Å². The molecule has 5 nitrogen and oxygen atoms in total. The Bertz CT molecular complexity index is 676. The van der Waals surface area contributed by atoms with Crippen molar-refractivity contribution in [3.05, 3.63) is 53.7 Å². The average Bonchev–Trinajstić information content (AvgIpc) is 2.54. The number of benzene rings is 1. The molecular formula is C19H25N3O2. The molecule has 0 unspecified atom stereocenters. The van der Waals surface area contributed by atoms with E-state index in [1.54, 1.807) is 19.4 Å². The Kier molecular flexibility index (Phi) is 5.79. The lowest BCUT2D eigenvalue weighted by Gasteiger charge is -2.20. The number of hydrogen-bond donors (Lipinski definition) is 2. The number of para-hydroxylation sites is 1. The van der Waals surface area contributed by atoms with Gasteiger partial charge in [-0.2, -0.15) is 0 Å². The number of aromatic nitrogens is 1. The Morgan fingerprint density at radius 2 is 1.92 bits per heavy atom. The molecule has 1 amide bonds. The molecule has 0 saturated carbocycles. The van der Waals surface area contributed by atoms with Gasteiger partial charge in [0.25, 0.3) is 5.91 Å². The number of hydrogen-bond acceptors (Lipinski definition) is 4. The van der Waals surface area contributed by atoms with E-state index in [9.17, 15) is 4.79 Å². The van der Waals surface area contributed by atoms with Crippen molar-refractivity contribution in [2.24, 2.45) is 0 Å². The summed E-state index contributed by atoms with van der Waals surface area (Å²) in [6, 6.07) is 11.6. The topological polar surface area (TPSA) is 63.2 Å². The molecule has 0 saturated heterocycles. The second-order valence-electron chi connectivity index (χ2n) is 6.62. The molecule has 5 heteroatoms.